The third kappa shape index (κ3) is 4.68. The van der Waals surface area contributed by atoms with Crippen LogP contribution in [0.25, 0.3) is 0 Å². The quantitative estimate of drug-likeness (QED) is 0.479. The van der Waals surface area contributed by atoms with E-state index in [0.717, 1.165) is 42.9 Å². The van der Waals surface area contributed by atoms with E-state index in [0.29, 0.717) is 17.0 Å². The molecule has 1 fully saturated rings. The number of aromatic nitrogens is 2. The van der Waals surface area contributed by atoms with Crippen LogP contribution in [-0.4, -0.2) is 34.5 Å². The Hall–Kier alpha value is -2.91. The van der Waals surface area contributed by atoms with Gasteiger partial charge in [-0.15, -0.1) is 0 Å². The van der Waals surface area contributed by atoms with Gasteiger partial charge in [-0.3, -0.25) is 9.48 Å². The summed E-state index contributed by atoms with van der Waals surface area (Å²) in [7, 11) is 0. The Morgan fingerprint density at radius 1 is 1.25 bits per heavy atom. The zero-order valence-electron chi connectivity index (χ0n) is 15.1. The summed E-state index contributed by atoms with van der Waals surface area (Å²) in [4.78, 5) is 14.0. The fourth-order valence-corrected chi connectivity index (χ4v) is 3.02. The van der Waals surface area contributed by atoms with E-state index >= 15 is 0 Å². The molecule has 1 aliphatic rings. The molecule has 0 bridgehead atoms. The molecular formula is C18H19F4N5O. The zero-order valence-corrected chi connectivity index (χ0v) is 15.1. The molecule has 2 heterocycles. The maximum atomic E-state index is 13.7. The fourth-order valence-electron chi connectivity index (χ4n) is 3.02. The number of alkyl halides is 3. The average molecular weight is 397 g/mol. The Bertz CT molecular complexity index is 884. The minimum absolute atomic E-state index is 0.360. The van der Waals surface area contributed by atoms with E-state index in [1.54, 1.807) is 13.0 Å². The number of amides is 1. The minimum Gasteiger partial charge on any atom is -0.371 e. The van der Waals surface area contributed by atoms with Crippen molar-refractivity contribution >= 4 is 17.3 Å². The second-order valence-corrected chi connectivity index (χ2v) is 6.48. The first-order valence-corrected chi connectivity index (χ1v) is 8.72. The van der Waals surface area contributed by atoms with Gasteiger partial charge < -0.3 is 4.90 Å². The molecule has 1 amide bonds. The van der Waals surface area contributed by atoms with Crippen LogP contribution < -0.4 is 10.3 Å². The predicted molar refractivity (Wildman–Crippen MR) is 95.4 cm³/mol. The number of carbonyl (C=O) groups is 1. The van der Waals surface area contributed by atoms with Gasteiger partial charge in [0.1, 0.15) is 12.4 Å². The van der Waals surface area contributed by atoms with E-state index in [9.17, 15) is 22.4 Å². The summed E-state index contributed by atoms with van der Waals surface area (Å²) in [6.07, 6.45) is -1.45. The summed E-state index contributed by atoms with van der Waals surface area (Å²) >= 11 is 0. The van der Waals surface area contributed by atoms with Gasteiger partial charge in [0.25, 0.3) is 5.91 Å². The third-order valence-corrected chi connectivity index (χ3v) is 4.38. The lowest BCUT2D eigenvalue weighted by molar-refractivity contribution is -0.141. The SMILES string of the molecule is CC(=NNC(=O)Cn1ccc(C(F)(F)F)n1)c1ccc(F)cc1N1CCCC1. The number of halogens is 4. The Morgan fingerprint density at radius 2 is 1.96 bits per heavy atom. The normalized spacial score (nSPS) is 15.2. The number of nitrogens with zero attached hydrogens (tertiary/aromatic N) is 4. The number of carbonyl (C=O) groups excluding carboxylic acids is 1. The smallest absolute Gasteiger partial charge is 0.371 e. The monoisotopic (exact) mass is 397 g/mol. The molecule has 0 saturated carbocycles. The molecule has 6 nitrogen and oxygen atoms in total. The number of benzene rings is 1. The summed E-state index contributed by atoms with van der Waals surface area (Å²) in [6, 6.07) is 5.14. The molecule has 1 saturated heterocycles. The van der Waals surface area contributed by atoms with Crippen LogP contribution in [0.5, 0.6) is 0 Å². The first-order chi connectivity index (χ1) is 13.2. The van der Waals surface area contributed by atoms with Crippen molar-refractivity contribution in [2.24, 2.45) is 5.10 Å². The Morgan fingerprint density at radius 3 is 2.61 bits per heavy atom. The van der Waals surface area contributed by atoms with Crippen molar-refractivity contribution in [3.05, 3.63) is 47.5 Å². The van der Waals surface area contributed by atoms with Crippen molar-refractivity contribution in [1.29, 1.82) is 0 Å². The van der Waals surface area contributed by atoms with E-state index < -0.39 is 24.3 Å². The van der Waals surface area contributed by atoms with Crippen LogP contribution in [-0.2, 0) is 17.5 Å². The topological polar surface area (TPSA) is 62.5 Å². The highest BCUT2D eigenvalue weighted by Gasteiger charge is 2.33. The van der Waals surface area contributed by atoms with Gasteiger partial charge in [0.15, 0.2) is 5.69 Å². The second kappa shape index (κ2) is 7.99. The average Bonchev–Trinajstić information content (AvgIpc) is 3.31. The maximum Gasteiger partial charge on any atom is 0.435 e. The van der Waals surface area contributed by atoms with Gasteiger partial charge in [0.05, 0.1) is 5.71 Å². The van der Waals surface area contributed by atoms with Gasteiger partial charge in [0, 0.05) is 30.5 Å². The molecule has 0 aliphatic carbocycles. The van der Waals surface area contributed by atoms with Crippen LogP contribution in [0.3, 0.4) is 0 Å². The maximum absolute atomic E-state index is 13.7. The number of hydrogen-bond acceptors (Lipinski definition) is 4. The standard InChI is InChI=1S/C18H19F4N5O/c1-12(14-5-4-13(19)10-15(14)26-7-2-3-8-26)23-24-17(28)11-27-9-6-16(25-27)18(20,21)22/h4-6,9-10H,2-3,7-8,11H2,1H3,(H,24,28). The molecule has 10 heteroatoms. The summed E-state index contributed by atoms with van der Waals surface area (Å²) in [5.74, 6) is -0.984. The molecule has 2 aromatic rings. The van der Waals surface area contributed by atoms with Crippen molar-refractivity contribution in [3.8, 4) is 0 Å². The van der Waals surface area contributed by atoms with E-state index in [-0.39, 0.29) is 5.82 Å². The minimum atomic E-state index is -4.56. The van der Waals surface area contributed by atoms with Crippen LogP contribution in [0, 0.1) is 5.82 Å². The fraction of sp³-hybridized carbons (Fsp3) is 0.389. The number of hydrazone groups is 1. The lowest BCUT2D eigenvalue weighted by atomic mass is 10.1. The first-order valence-electron chi connectivity index (χ1n) is 8.72. The largest absolute Gasteiger partial charge is 0.435 e. The molecule has 0 spiro atoms. The van der Waals surface area contributed by atoms with E-state index in [1.807, 2.05) is 0 Å². The van der Waals surface area contributed by atoms with Gasteiger partial charge >= 0.3 is 6.18 Å². The number of anilines is 1. The molecule has 1 aliphatic heterocycles. The molecule has 150 valence electrons. The van der Waals surface area contributed by atoms with E-state index in [1.165, 1.54) is 12.1 Å². The highest BCUT2D eigenvalue weighted by Crippen LogP contribution is 2.27. The van der Waals surface area contributed by atoms with Crippen molar-refractivity contribution < 1.29 is 22.4 Å². The van der Waals surface area contributed by atoms with Crippen molar-refractivity contribution in [2.75, 3.05) is 18.0 Å². The van der Waals surface area contributed by atoms with Crippen LogP contribution in [0.15, 0.2) is 35.6 Å². The van der Waals surface area contributed by atoms with Crippen molar-refractivity contribution in [3.63, 3.8) is 0 Å². The molecule has 3 rings (SSSR count). The summed E-state index contributed by atoms with van der Waals surface area (Å²) in [6.45, 7) is 2.89. The molecule has 1 aromatic heterocycles. The molecule has 0 unspecified atom stereocenters. The molecule has 0 atom stereocenters. The van der Waals surface area contributed by atoms with Crippen LogP contribution in [0.2, 0.25) is 0 Å². The molecule has 28 heavy (non-hydrogen) atoms. The van der Waals surface area contributed by atoms with Crippen LogP contribution in [0.1, 0.15) is 31.0 Å². The third-order valence-electron chi connectivity index (χ3n) is 4.38. The van der Waals surface area contributed by atoms with Gasteiger partial charge in [-0.1, -0.05) is 0 Å². The second-order valence-electron chi connectivity index (χ2n) is 6.48. The van der Waals surface area contributed by atoms with Crippen LogP contribution >= 0.6 is 0 Å². The first kappa shape index (κ1) is 19.8. The number of nitrogens with one attached hydrogen (secondary N) is 1. The number of hydrogen-bond donors (Lipinski definition) is 1. The molecule has 1 aromatic carbocycles. The predicted octanol–water partition coefficient (Wildman–Crippen LogP) is 3.18. The Kier molecular flexibility index (Phi) is 5.66. The van der Waals surface area contributed by atoms with Crippen molar-refractivity contribution in [2.45, 2.75) is 32.5 Å². The molecule has 0 radical (unpaired) electrons. The Balaban J connectivity index is 1.69. The highest BCUT2D eigenvalue weighted by molar-refractivity contribution is 6.04. The van der Waals surface area contributed by atoms with E-state index in [4.69, 9.17) is 0 Å². The zero-order chi connectivity index (χ0) is 20.3. The van der Waals surface area contributed by atoms with Crippen LogP contribution in [0.4, 0.5) is 23.2 Å². The summed E-state index contributed by atoms with van der Waals surface area (Å²) in [5.41, 5.74) is 3.09. The molecule has 1 N–H and O–H groups in total. The number of rotatable bonds is 5. The van der Waals surface area contributed by atoms with Gasteiger partial charge in [-0.2, -0.15) is 23.4 Å². The summed E-state index contributed by atoms with van der Waals surface area (Å²) < 4.78 is 52.2. The van der Waals surface area contributed by atoms with Gasteiger partial charge in [-0.25, -0.2) is 9.82 Å². The van der Waals surface area contributed by atoms with Gasteiger partial charge in [0.2, 0.25) is 0 Å². The lowest BCUT2D eigenvalue weighted by Crippen LogP contribution is -2.25. The summed E-state index contributed by atoms with van der Waals surface area (Å²) in [5, 5.41) is 7.33. The van der Waals surface area contributed by atoms with Crippen molar-refractivity contribution in [1.82, 2.24) is 15.2 Å². The van der Waals surface area contributed by atoms with Gasteiger partial charge in [-0.05, 0) is 44.0 Å². The molecular weight excluding hydrogens is 378 g/mol. The lowest BCUT2D eigenvalue weighted by Gasteiger charge is -2.21. The highest BCUT2D eigenvalue weighted by atomic mass is 19.4. The Labute approximate surface area is 158 Å². The van der Waals surface area contributed by atoms with E-state index in [2.05, 4.69) is 20.5 Å².